The highest BCUT2D eigenvalue weighted by Gasteiger charge is 2.20. The molecule has 2 heterocycles. The highest BCUT2D eigenvalue weighted by atomic mass is 79.9. The van der Waals surface area contributed by atoms with Crippen molar-refractivity contribution in [3.63, 3.8) is 0 Å². The van der Waals surface area contributed by atoms with Crippen molar-refractivity contribution < 1.29 is 4.90 Å². The van der Waals surface area contributed by atoms with E-state index in [1.165, 1.54) is 39.6 Å². The van der Waals surface area contributed by atoms with Gasteiger partial charge in [0.15, 0.2) is 0 Å². The fraction of sp³-hybridized carbons (Fsp3) is 0.333. The molecular weight excluding hydrogens is 252 g/mol. The molecule has 1 aromatic heterocycles. The van der Waals surface area contributed by atoms with Gasteiger partial charge in [0.1, 0.15) is 6.54 Å². The third-order valence-corrected chi connectivity index (χ3v) is 3.73. The van der Waals surface area contributed by atoms with Gasteiger partial charge in [-0.25, -0.2) is 0 Å². The zero-order valence-corrected chi connectivity index (χ0v) is 10.3. The van der Waals surface area contributed by atoms with Crippen LogP contribution in [-0.2, 0) is 13.0 Å². The number of likely N-dealkylation sites (N-methyl/N-ethyl adjacent to an activating group) is 1. The summed E-state index contributed by atoms with van der Waals surface area (Å²) in [4.78, 5) is 5.13. The average Bonchev–Trinajstić information content (AvgIpc) is 2.56. The lowest BCUT2D eigenvalue weighted by Crippen LogP contribution is -3.08. The van der Waals surface area contributed by atoms with Crippen LogP contribution in [0.1, 0.15) is 11.3 Å². The maximum absolute atomic E-state index is 3.54. The number of quaternary nitrogens is 1. The molecule has 2 nitrogen and oxygen atoms in total. The van der Waals surface area contributed by atoms with E-state index >= 15 is 0 Å². The maximum atomic E-state index is 3.54. The van der Waals surface area contributed by atoms with Gasteiger partial charge in [-0.3, -0.25) is 0 Å². The summed E-state index contributed by atoms with van der Waals surface area (Å²) >= 11 is 3.54. The van der Waals surface area contributed by atoms with Gasteiger partial charge < -0.3 is 9.88 Å². The van der Waals surface area contributed by atoms with Crippen molar-refractivity contribution in [1.29, 1.82) is 0 Å². The van der Waals surface area contributed by atoms with Gasteiger partial charge in [-0.1, -0.05) is 15.9 Å². The minimum absolute atomic E-state index is 1.14. The number of fused-ring (bicyclic) bond motifs is 3. The molecule has 0 fully saturated rings. The summed E-state index contributed by atoms with van der Waals surface area (Å²) in [6.07, 6.45) is 1.17. The van der Waals surface area contributed by atoms with Crippen LogP contribution >= 0.6 is 15.9 Å². The number of aromatic amines is 1. The third kappa shape index (κ3) is 1.50. The highest BCUT2D eigenvalue weighted by molar-refractivity contribution is 9.10. The van der Waals surface area contributed by atoms with E-state index < -0.39 is 0 Å². The molecular formula is C12H14BrN2+. The van der Waals surface area contributed by atoms with Crippen molar-refractivity contribution in [1.82, 2.24) is 4.98 Å². The first-order valence-electron chi connectivity index (χ1n) is 5.34. The molecule has 0 saturated carbocycles. The molecule has 1 unspecified atom stereocenters. The van der Waals surface area contributed by atoms with E-state index in [2.05, 4.69) is 46.2 Å². The third-order valence-electron chi connectivity index (χ3n) is 3.24. The Labute approximate surface area is 97.4 Å². The number of benzene rings is 1. The van der Waals surface area contributed by atoms with Crippen molar-refractivity contribution >= 4 is 26.8 Å². The molecule has 3 rings (SSSR count). The first-order chi connectivity index (χ1) is 7.24. The zero-order chi connectivity index (χ0) is 10.4. The van der Waals surface area contributed by atoms with Crippen molar-refractivity contribution in [3.05, 3.63) is 33.9 Å². The SMILES string of the molecule is C[NH+]1CCc2[nH]c3ccc(Br)cc3c2C1. The van der Waals surface area contributed by atoms with Gasteiger partial charge in [0.2, 0.25) is 0 Å². The second-order valence-corrected chi connectivity index (χ2v) is 5.32. The van der Waals surface area contributed by atoms with Crippen LogP contribution in [0, 0.1) is 0 Å². The van der Waals surface area contributed by atoms with Gasteiger partial charge in [0.05, 0.1) is 13.6 Å². The lowest BCUT2D eigenvalue weighted by molar-refractivity contribution is -0.895. The Hall–Kier alpha value is -0.800. The van der Waals surface area contributed by atoms with Gasteiger partial charge in [-0.2, -0.15) is 0 Å². The monoisotopic (exact) mass is 265 g/mol. The molecule has 0 bridgehead atoms. The number of H-pyrrole nitrogens is 1. The fourth-order valence-corrected chi connectivity index (χ4v) is 2.78. The molecule has 0 saturated heterocycles. The minimum Gasteiger partial charge on any atom is -0.358 e. The van der Waals surface area contributed by atoms with Crippen LogP contribution in [0.15, 0.2) is 22.7 Å². The van der Waals surface area contributed by atoms with Gasteiger partial charge in [0, 0.05) is 33.1 Å². The molecule has 1 atom stereocenters. The van der Waals surface area contributed by atoms with E-state index in [1.807, 2.05) is 0 Å². The number of aromatic nitrogens is 1. The lowest BCUT2D eigenvalue weighted by Gasteiger charge is -2.19. The molecule has 0 spiro atoms. The smallest absolute Gasteiger partial charge is 0.105 e. The predicted octanol–water partition coefficient (Wildman–Crippen LogP) is 1.50. The van der Waals surface area contributed by atoms with E-state index in [0.29, 0.717) is 0 Å². The van der Waals surface area contributed by atoms with Crippen LogP contribution in [0.3, 0.4) is 0 Å². The van der Waals surface area contributed by atoms with E-state index in [0.717, 1.165) is 6.54 Å². The molecule has 2 aromatic rings. The second-order valence-electron chi connectivity index (χ2n) is 4.41. The number of hydrogen-bond acceptors (Lipinski definition) is 0. The lowest BCUT2D eigenvalue weighted by atomic mass is 10.1. The summed E-state index contributed by atoms with van der Waals surface area (Å²) in [5.74, 6) is 0. The number of hydrogen-bond donors (Lipinski definition) is 2. The number of nitrogens with one attached hydrogen (secondary N) is 2. The van der Waals surface area contributed by atoms with E-state index in [4.69, 9.17) is 0 Å². The molecule has 1 aliphatic heterocycles. The summed E-state index contributed by atoms with van der Waals surface area (Å²) in [6.45, 7) is 2.38. The molecule has 0 amide bonds. The van der Waals surface area contributed by atoms with Crippen LogP contribution in [0.2, 0.25) is 0 Å². The molecule has 0 aliphatic carbocycles. The Morgan fingerprint density at radius 1 is 1.40 bits per heavy atom. The van der Waals surface area contributed by atoms with Gasteiger partial charge in [-0.05, 0) is 18.2 Å². The van der Waals surface area contributed by atoms with Crippen LogP contribution < -0.4 is 4.90 Å². The van der Waals surface area contributed by atoms with Crippen LogP contribution in [0.5, 0.6) is 0 Å². The van der Waals surface area contributed by atoms with Crippen LogP contribution in [0.4, 0.5) is 0 Å². The van der Waals surface area contributed by atoms with Gasteiger partial charge >= 0.3 is 0 Å². The summed E-state index contributed by atoms with van der Waals surface area (Å²) in [5, 5.41) is 1.39. The first-order valence-corrected chi connectivity index (χ1v) is 6.13. The van der Waals surface area contributed by atoms with Gasteiger partial charge in [-0.15, -0.1) is 0 Å². The van der Waals surface area contributed by atoms with Gasteiger partial charge in [0.25, 0.3) is 0 Å². The molecule has 15 heavy (non-hydrogen) atoms. The summed E-state index contributed by atoms with van der Waals surface area (Å²) < 4.78 is 1.17. The van der Waals surface area contributed by atoms with Crippen molar-refractivity contribution in [3.8, 4) is 0 Å². The minimum atomic E-state index is 1.14. The van der Waals surface area contributed by atoms with Crippen molar-refractivity contribution in [2.24, 2.45) is 0 Å². The molecule has 1 aromatic carbocycles. The van der Waals surface area contributed by atoms with Crippen LogP contribution in [0.25, 0.3) is 10.9 Å². The average molecular weight is 266 g/mol. The molecule has 1 aliphatic rings. The van der Waals surface area contributed by atoms with E-state index in [9.17, 15) is 0 Å². The Morgan fingerprint density at radius 2 is 2.27 bits per heavy atom. The summed E-state index contributed by atoms with van der Waals surface area (Å²) in [7, 11) is 2.26. The van der Waals surface area contributed by atoms with Crippen molar-refractivity contribution in [2.45, 2.75) is 13.0 Å². The Balaban J connectivity index is 2.25. The Bertz CT molecular complexity index is 516. The molecule has 2 N–H and O–H groups in total. The normalized spacial score (nSPS) is 20.5. The van der Waals surface area contributed by atoms with E-state index in [-0.39, 0.29) is 0 Å². The molecule has 78 valence electrons. The topological polar surface area (TPSA) is 20.2 Å². The second kappa shape index (κ2) is 3.35. The summed E-state index contributed by atoms with van der Waals surface area (Å²) in [6, 6.07) is 6.48. The van der Waals surface area contributed by atoms with Crippen LogP contribution in [-0.4, -0.2) is 18.6 Å². The molecule has 3 heteroatoms. The standard InChI is InChI=1S/C12H13BrN2/c1-15-5-4-12-10(7-15)9-6-8(13)2-3-11(9)14-12/h2-3,6,14H,4-5,7H2,1H3/p+1. The Morgan fingerprint density at radius 3 is 3.13 bits per heavy atom. The zero-order valence-electron chi connectivity index (χ0n) is 8.73. The largest absolute Gasteiger partial charge is 0.358 e. The number of halogens is 1. The van der Waals surface area contributed by atoms with E-state index in [1.54, 1.807) is 4.90 Å². The quantitative estimate of drug-likeness (QED) is 0.721. The number of rotatable bonds is 0. The highest BCUT2D eigenvalue weighted by Crippen LogP contribution is 2.26. The Kier molecular flexibility index (Phi) is 2.11. The predicted molar refractivity (Wildman–Crippen MR) is 65.2 cm³/mol. The maximum Gasteiger partial charge on any atom is 0.105 e. The van der Waals surface area contributed by atoms with Crippen molar-refractivity contribution in [2.75, 3.05) is 13.6 Å². The summed E-state index contributed by atoms with van der Waals surface area (Å²) in [5.41, 5.74) is 4.22. The first kappa shape index (κ1) is 9.43. The molecule has 0 radical (unpaired) electrons. The fourth-order valence-electron chi connectivity index (χ4n) is 2.42.